The Labute approximate surface area is 72.9 Å². The molecule has 72 valence electrons. The zero-order valence-corrected chi connectivity index (χ0v) is 7.83. The molecule has 0 spiro atoms. The molecule has 4 heteroatoms. The van der Waals surface area contributed by atoms with Crippen molar-refractivity contribution in [2.45, 2.75) is 20.0 Å². The minimum absolute atomic E-state index is 0.0419. The molecule has 0 aromatic rings. The summed E-state index contributed by atoms with van der Waals surface area (Å²) < 4.78 is 4.70. The van der Waals surface area contributed by atoms with Crippen LogP contribution in [0, 0.1) is 5.92 Å². The first-order chi connectivity index (χ1) is 5.57. The van der Waals surface area contributed by atoms with Crippen molar-refractivity contribution >= 4 is 5.91 Å². The number of aliphatic hydroxyl groups is 1. The number of hydrogen-bond acceptors (Lipinski definition) is 3. The molecule has 0 aromatic heterocycles. The maximum Gasteiger partial charge on any atom is 0.222 e. The van der Waals surface area contributed by atoms with Gasteiger partial charge in [-0.15, -0.1) is 0 Å². The third-order valence-electron chi connectivity index (χ3n) is 1.40. The summed E-state index contributed by atoms with van der Waals surface area (Å²) in [5, 5.41) is 11.7. The second-order valence-electron chi connectivity index (χ2n) is 3.01. The lowest BCUT2D eigenvalue weighted by Gasteiger charge is -2.11. The Kier molecular flexibility index (Phi) is 5.66. The van der Waals surface area contributed by atoms with Crippen LogP contribution in [-0.2, 0) is 9.53 Å². The second kappa shape index (κ2) is 5.97. The predicted molar refractivity (Wildman–Crippen MR) is 45.7 cm³/mol. The molecule has 0 aromatic carbocycles. The maximum atomic E-state index is 11.0. The smallest absolute Gasteiger partial charge is 0.222 e. The van der Waals surface area contributed by atoms with Gasteiger partial charge in [-0.3, -0.25) is 4.79 Å². The molecule has 1 amide bonds. The second-order valence-corrected chi connectivity index (χ2v) is 3.01. The Bertz CT molecular complexity index is 136. The molecule has 0 aliphatic rings. The van der Waals surface area contributed by atoms with Crippen LogP contribution in [-0.4, -0.2) is 37.4 Å². The van der Waals surface area contributed by atoms with Gasteiger partial charge in [0.1, 0.15) is 0 Å². The summed E-state index contributed by atoms with van der Waals surface area (Å²) in [6.07, 6.45) is -0.613. The number of methoxy groups -OCH3 is 1. The zero-order valence-electron chi connectivity index (χ0n) is 7.83. The molecule has 0 fully saturated rings. The SMILES string of the molecule is COCC(O)CNC(=O)C(C)C. The van der Waals surface area contributed by atoms with E-state index < -0.39 is 6.10 Å². The van der Waals surface area contributed by atoms with E-state index in [1.54, 1.807) is 13.8 Å². The largest absolute Gasteiger partial charge is 0.389 e. The van der Waals surface area contributed by atoms with Crippen molar-refractivity contribution in [2.75, 3.05) is 20.3 Å². The maximum absolute atomic E-state index is 11.0. The van der Waals surface area contributed by atoms with E-state index in [-0.39, 0.29) is 25.0 Å². The summed E-state index contributed by atoms with van der Waals surface area (Å²) in [5.41, 5.74) is 0. The molecule has 0 aliphatic heterocycles. The van der Waals surface area contributed by atoms with Crippen molar-refractivity contribution in [2.24, 2.45) is 5.92 Å². The highest BCUT2D eigenvalue weighted by molar-refractivity contribution is 5.77. The average Bonchev–Trinajstić information content (AvgIpc) is 2.00. The Morgan fingerprint density at radius 2 is 2.17 bits per heavy atom. The van der Waals surface area contributed by atoms with Crippen LogP contribution < -0.4 is 5.32 Å². The number of hydrogen-bond donors (Lipinski definition) is 2. The highest BCUT2D eigenvalue weighted by Crippen LogP contribution is 1.90. The number of aliphatic hydroxyl groups excluding tert-OH is 1. The van der Waals surface area contributed by atoms with Crippen LogP contribution in [0.2, 0.25) is 0 Å². The van der Waals surface area contributed by atoms with Gasteiger partial charge in [0.15, 0.2) is 0 Å². The fourth-order valence-corrected chi connectivity index (χ4v) is 0.674. The lowest BCUT2D eigenvalue weighted by molar-refractivity contribution is -0.124. The first kappa shape index (κ1) is 11.4. The van der Waals surface area contributed by atoms with Gasteiger partial charge in [0.25, 0.3) is 0 Å². The molecule has 0 aliphatic carbocycles. The van der Waals surface area contributed by atoms with Gasteiger partial charge in [-0.05, 0) is 0 Å². The van der Waals surface area contributed by atoms with Crippen LogP contribution in [0.25, 0.3) is 0 Å². The van der Waals surface area contributed by atoms with Crippen LogP contribution >= 0.6 is 0 Å². The zero-order chi connectivity index (χ0) is 9.56. The fourth-order valence-electron chi connectivity index (χ4n) is 0.674. The number of rotatable bonds is 5. The van der Waals surface area contributed by atoms with E-state index in [1.165, 1.54) is 7.11 Å². The van der Waals surface area contributed by atoms with Gasteiger partial charge in [0, 0.05) is 19.6 Å². The summed E-state index contributed by atoms with van der Waals surface area (Å²) in [4.78, 5) is 11.0. The molecule has 0 heterocycles. The Hall–Kier alpha value is -0.610. The van der Waals surface area contributed by atoms with E-state index in [4.69, 9.17) is 9.84 Å². The number of carbonyl (C=O) groups is 1. The monoisotopic (exact) mass is 175 g/mol. The van der Waals surface area contributed by atoms with Gasteiger partial charge in [0.2, 0.25) is 5.91 Å². The highest BCUT2D eigenvalue weighted by atomic mass is 16.5. The highest BCUT2D eigenvalue weighted by Gasteiger charge is 2.08. The Morgan fingerprint density at radius 3 is 2.58 bits per heavy atom. The fraction of sp³-hybridized carbons (Fsp3) is 0.875. The third kappa shape index (κ3) is 5.09. The topological polar surface area (TPSA) is 58.6 Å². The van der Waals surface area contributed by atoms with E-state index >= 15 is 0 Å². The summed E-state index contributed by atoms with van der Waals surface area (Å²) >= 11 is 0. The molecule has 0 radical (unpaired) electrons. The summed E-state index contributed by atoms with van der Waals surface area (Å²) in [5.74, 6) is -0.0927. The lowest BCUT2D eigenvalue weighted by Crippen LogP contribution is -2.36. The molecular weight excluding hydrogens is 158 g/mol. The van der Waals surface area contributed by atoms with Gasteiger partial charge in [0.05, 0.1) is 12.7 Å². The lowest BCUT2D eigenvalue weighted by atomic mass is 10.2. The normalized spacial score (nSPS) is 13.1. The molecule has 12 heavy (non-hydrogen) atoms. The number of carbonyl (C=O) groups excluding carboxylic acids is 1. The van der Waals surface area contributed by atoms with Crippen molar-refractivity contribution < 1.29 is 14.6 Å². The van der Waals surface area contributed by atoms with Crippen molar-refractivity contribution in [3.63, 3.8) is 0 Å². The number of amides is 1. The summed E-state index contributed by atoms with van der Waals surface area (Å²) in [6, 6.07) is 0. The standard InChI is InChI=1S/C8H17NO3/c1-6(2)8(11)9-4-7(10)5-12-3/h6-7,10H,4-5H2,1-3H3,(H,9,11). The molecule has 4 nitrogen and oxygen atoms in total. The van der Waals surface area contributed by atoms with Gasteiger partial charge in [-0.25, -0.2) is 0 Å². The van der Waals surface area contributed by atoms with Crippen LogP contribution in [0.1, 0.15) is 13.8 Å². The van der Waals surface area contributed by atoms with Crippen molar-refractivity contribution in [1.82, 2.24) is 5.32 Å². The van der Waals surface area contributed by atoms with Crippen molar-refractivity contribution in [3.8, 4) is 0 Å². The van der Waals surface area contributed by atoms with Crippen LogP contribution in [0.15, 0.2) is 0 Å². The average molecular weight is 175 g/mol. The van der Waals surface area contributed by atoms with Crippen LogP contribution in [0.4, 0.5) is 0 Å². The van der Waals surface area contributed by atoms with Gasteiger partial charge in [-0.2, -0.15) is 0 Å². The molecule has 2 N–H and O–H groups in total. The summed E-state index contributed by atoms with van der Waals surface area (Å²) in [7, 11) is 1.51. The Balaban J connectivity index is 3.47. The number of ether oxygens (including phenoxy) is 1. The predicted octanol–water partition coefficient (Wildman–Crippen LogP) is -0.234. The quantitative estimate of drug-likeness (QED) is 0.606. The Morgan fingerprint density at radius 1 is 1.58 bits per heavy atom. The number of nitrogens with one attached hydrogen (secondary N) is 1. The third-order valence-corrected chi connectivity index (χ3v) is 1.40. The van der Waals surface area contributed by atoms with Gasteiger partial charge >= 0.3 is 0 Å². The van der Waals surface area contributed by atoms with Gasteiger partial charge < -0.3 is 15.2 Å². The van der Waals surface area contributed by atoms with E-state index in [2.05, 4.69) is 5.32 Å². The van der Waals surface area contributed by atoms with Crippen molar-refractivity contribution in [1.29, 1.82) is 0 Å². The van der Waals surface area contributed by atoms with Crippen LogP contribution in [0.5, 0.6) is 0 Å². The van der Waals surface area contributed by atoms with Crippen LogP contribution in [0.3, 0.4) is 0 Å². The molecule has 0 saturated heterocycles. The molecule has 0 saturated carbocycles. The first-order valence-corrected chi connectivity index (χ1v) is 4.02. The molecule has 1 atom stereocenters. The van der Waals surface area contributed by atoms with Crippen molar-refractivity contribution in [3.05, 3.63) is 0 Å². The van der Waals surface area contributed by atoms with E-state index in [9.17, 15) is 4.79 Å². The van der Waals surface area contributed by atoms with E-state index in [0.717, 1.165) is 0 Å². The molecule has 0 bridgehead atoms. The summed E-state index contributed by atoms with van der Waals surface area (Å²) in [6.45, 7) is 4.11. The molecule has 0 rings (SSSR count). The van der Waals surface area contributed by atoms with Gasteiger partial charge in [-0.1, -0.05) is 13.8 Å². The molecular formula is C8H17NO3. The minimum atomic E-state index is -0.613. The molecule has 1 unspecified atom stereocenters. The van der Waals surface area contributed by atoms with E-state index in [0.29, 0.717) is 0 Å². The first-order valence-electron chi connectivity index (χ1n) is 4.02. The minimum Gasteiger partial charge on any atom is -0.389 e. The van der Waals surface area contributed by atoms with E-state index in [1.807, 2.05) is 0 Å².